The van der Waals surface area contributed by atoms with Crippen LogP contribution >= 0.6 is 23.2 Å². The third kappa shape index (κ3) is 4.05. The van der Waals surface area contributed by atoms with Crippen LogP contribution in [0.5, 0.6) is 0 Å². The van der Waals surface area contributed by atoms with E-state index in [2.05, 4.69) is 22.3 Å². The van der Waals surface area contributed by atoms with Gasteiger partial charge < -0.3 is 5.32 Å². The summed E-state index contributed by atoms with van der Waals surface area (Å²) in [5.41, 5.74) is 1.86. The Morgan fingerprint density at radius 2 is 1.96 bits per heavy atom. The highest BCUT2D eigenvalue weighted by Crippen LogP contribution is 2.31. The Kier molecular flexibility index (Phi) is 5.21. The van der Waals surface area contributed by atoms with Gasteiger partial charge in [0.2, 0.25) is 5.91 Å². The third-order valence-corrected chi connectivity index (χ3v) is 4.65. The van der Waals surface area contributed by atoms with Gasteiger partial charge in [-0.05, 0) is 43.1 Å². The lowest BCUT2D eigenvalue weighted by Gasteiger charge is -2.24. The SMILES string of the molecule is O=C(CN1CCC[C@@H]1c1ccccc1)Nc1ccc(Cl)cc1Cl. The maximum absolute atomic E-state index is 12.3. The topological polar surface area (TPSA) is 32.3 Å². The molecule has 5 heteroatoms. The van der Waals surface area contributed by atoms with Crippen molar-refractivity contribution >= 4 is 34.8 Å². The van der Waals surface area contributed by atoms with Gasteiger partial charge >= 0.3 is 0 Å². The van der Waals surface area contributed by atoms with Gasteiger partial charge in [-0.2, -0.15) is 0 Å². The molecular weight excluding hydrogens is 331 g/mol. The monoisotopic (exact) mass is 348 g/mol. The van der Waals surface area contributed by atoms with Crippen molar-refractivity contribution in [3.8, 4) is 0 Å². The molecule has 1 fully saturated rings. The summed E-state index contributed by atoms with van der Waals surface area (Å²) in [5, 5.41) is 3.87. The number of rotatable bonds is 4. The molecule has 3 nitrogen and oxygen atoms in total. The molecule has 0 aliphatic carbocycles. The molecule has 1 aliphatic rings. The lowest BCUT2D eigenvalue weighted by atomic mass is 10.0. The summed E-state index contributed by atoms with van der Waals surface area (Å²) >= 11 is 12.0. The Morgan fingerprint density at radius 1 is 1.17 bits per heavy atom. The number of likely N-dealkylation sites (tertiary alicyclic amines) is 1. The molecule has 1 heterocycles. The number of carbonyl (C=O) groups excluding carboxylic acids is 1. The van der Waals surface area contributed by atoms with Gasteiger partial charge in [0.15, 0.2) is 0 Å². The Bertz CT molecular complexity index is 691. The van der Waals surface area contributed by atoms with Crippen LogP contribution in [0.4, 0.5) is 5.69 Å². The number of nitrogens with one attached hydrogen (secondary N) is 1. The summed E-state index contributed by atoms with van der Waals surface area (Å²) < 4.78 is 0. The predicted octanol–water partition coefficient (Wildman–Crippen LogP) is 4.77. The van der Waals surface area contributed by atoms with E-state index in [1.807, 2.05) is 18.2 Å². The van der Waals surface area contributed by atoms with E-state index in [0.29, 0.717) is 28.3 Å². The van der Waals surface area contributed by atoms with Gasteiger partial charge in [-0.3, -0.25) is 9.69 Å². The number of anilines is 1. The maximum atomic E-state index is 12.3. The van der Waals surface area contributed by atoms with Gasteiger partial charge in [0.25, 0.3) is 0 Å². The van der Waals surface area contributed by atoms with Gasteiger partial charge in [0.05, 0.1) is 17.3 Å². The fourth-order valence-electron chi connectivity index (χ4n) is 3.03. The van der Waals surface area contributed by atoms with Crippen LogP contribution in [0, 0.1) is 0 Å². The highest BCUT2D eigenvalue weighted by molar-refractivity contribution is 6.36. The fourth-order valence-corrected chi connectivity index (χ4v) is 3.49. The summed E-state index contributed by atoms with van der Waals surface area (Å²) in [6.07, 6.45) is 2.19. The molecule has 2 aromatic rings. The molecule has 2 aromatic carbocycles. The van der Waals surface area contributed by atoms with E-state index in [1.54, 1.807) is 18.2 Å². The third-order valence-electron chi connectivity index (χ3n) is 4.10. The summed E-state index contributed by atoms with van der Waals surface area (Å²) in [5.74, 6) is -0.0583. The molecular formula is C18H18Cl2N2O. The predicted molar refractivity (Wildman–Crippen MR) is 95.1 cm³/mol. The summed E-state index contributed by atoms with van der Waals surface area (Å²) in [6, 6.07) is 15.7. The molecule has 0 saturated carbocycles. The average Bonchev–Trinajstić information content (AvgIpc) is 2.99. The second-order valence-electron chi connectivity index (χ2n) is 5.71. The Hall–Kier alpha value is -1.55. The molecule has 1 amide bonds. The first kappa shape index (κ1) is 16.3. The van der Waals surface area contributed by atoms with Crippen molar-refractivity contribution in [2.75, 3.05) is 18.4 Å². The van der Waals surface area contributed by atoms with Crippen LogP contribution in [-0.4, -0.2) is 23.9 Å². The highest BCUT2D eigenvalue weighted by Gasteiger charge is 2.27. The minimum absolute atomic E-state index is 0.0583. The number of amides is 1. The zero-order chi connectivity index (χ0) is 16.2. The number of benzene rings is 2. The van der Waals surface area contributed by atoms with Crippen molar-refractivity contribution in [2.24, 2.45) is 0 Å². The van der Waals surface area contributed by atoms with E-state index in [0.717, 1.165) is 19.4 Å². The molecule has 0 radical (unpaired) electrons. The van der Waals surface area contributed by atoms with Gasteiger partial charge in [0, 0.05) is 11.1 Å². The minimum Gasteiger partial charge on any atom is -0.324 e. The molecule has 1 N–H and O–H groups in total. The number of carbonyl (C=O) groups is 1. The van der Waals surface area contributed by atoms with E-state index in [1.165, 1.54) is 5.56 Å². The van der Waals surface area contributed by atoms with Gasteiger partial charge in [-0.1, -0.05) is 53.5 Å². The van der Waals surface area contributed by atoms with E-state index < -0.39 is 0 Å². The Labute approximate surface area is 146 Å². The lowest BCUT2D eigenvalue weighted by molar-refractivity contribution is -0.117. The normalized spacial score (nSPS) is 18.1. The van der Waals surface area contributed by atoms with E-state index in [9.17, 15) is 4.79 Å². The molecule has 0 unspecified atom stereocenters. The first-order chi connectivity index (χ1) is 11.1. The Balaban J connectivity index is 1.65. The maximum Gasteiger partial charge on any atom is 0.238 e. The molecule has 3 rings (SSSR count). The number of halogens is 2. The lowest BCUT2D eigenvalue weighted by Crippen LogP contribution is -2.33. The number of nitrogens with zero attached hydrogens (tertiary/aromatic N) is 1. The van der Waals surface area contributed by atoms with Crippen molar-refractivity contribution in [1.29, 1.82) is 0 Å². The van der Waals surface area contributed by atoms with Gasteiger partial charge in [-0.25, -0.2) is 0 Å². The van der Waals surface area contributed by atoms with Crippen LogP contribution in [0.3, 0.4) is 0 Å². The van der Waals surface area contributed by atoms with E-state index >= 15 is 0 Å². The molecule has 120 valence electrons. The van der Waals surface area contributed by atoms with E-state index in [4.69, 9.17) is 23.2 Å². The number of hydrogen-bond acceptors (Lipinski definition) is 2. The first-order valence-electron chi connectivity index (χ1n) is 7.67. The second-order valence-corrected chi connectivity index (χ2v) is 6.56. The van der Waals surface area contributed by atoms with Gasteiger partial charge in [-0.15, -0.1) is 0 Å². The van der Waals surface area contributed by atoms with Crippen LogP contribution < -0.4 is 5.32 Å². The summed E-state index contributed by atoms with van der Waals surface area (Å²) in [7, 11) is 0. The largest absolute Gasteiger partial charge is 0.324 e. The van der Waals surface area contributed by atoms with E-state index in [-0.39, 0.29) is 5.91 Å². The average molecular weight is 349 g/mol. The zero-order valence-electron chi connectivity index (χ0n) is 12.6. The molecule has 1 atom stereocenters. The first-order valence-corrected chi connectivity index (χ1v) is 8.43. The van der Waals surface area contributed by atoms with Crippen LogP contribution in [0.1, 0.15) is 24.4 Å². The number of hydrogen-bond donors (Lipinski definition) is 1. The molecule has 0 bridgehead atoms. The van der Waals surface area contributed by atoms with Crippen LogP contribution in [-0.2, 0) is 4.79 Å². The van der Waals surface area contributed by atoms with Crippen LogP contribution in [0.15, 0.2) is 48.5 Å². The smallest absolute Gasteiger partial charge is 0.238 e. The minimum atomic E-state index is -0.0583. The van der Waals surface area contributed by atoms with Crippen molar-refractivity contribution in [3.05, 3.63) is 64.1 Å². The highest BCUT2D eigenvalue weighted by atomic mass is 35.5. The standard InChI is InChI=1S/C18H18Cl2N2O/c19-14-8-9-16(15(20)11-14)21-18(23)12-22-10-4-7-17(22)13-5-2-1-3-6-13/h1-3,5-6,8-9,11,17H,4,7,10,12H2,(H,21,23)/t17-/m1/s1. The summed E-state index contributed by atoms with van der Waals surface area (Å²) in [4.78, 5) is 14.6. The van der Waals surface area contributed by atoms with Crippen molar-refractivity contribution in [3.63, 3.8) is 0 Å². The molecule has 23 heavy (non-hydrogen) atoms. The van der Waals surface area contributed by atoms with Crippen molar-refractivity contribution < 1.29 is 4.79 Å². The zero-order valence-corrected chi connectivity index (χ0v) is 14.1. The van der Waals surface area contributed by atoms with Crippen LogP contribution in [0.2, 0.25) is 10.0 Å². The summed E-state index contributed by atoms with van der Waals surface area (Å²) in [6.45, 7) is 1.29. The second kappa shape index (κ2) is 7.35. The molecule has 1 aliphatic heterocycles. The quantitative estimate of drug-likeness (QED) is 0.862. The van der Waals surface area contributed by atoms with Crippen molar-refractivity contribution in [1.82, 2.24) is 4.90 Å². The fraction of sp³-hybridized carbons (Fsp3) is 0.278. The van der Waals surface area contributed by atoms with Crippen molar-refractivity contribution in [2.45, 2.75) is 18.9 Å². The molecule has 1 saturated heterocycles. The Morgan fingerprint density at radius 3 is 2.70 bits per heavy atom. The van der Waals surface area contributed by atoms with Crippen LogP contribution in [0.25, 0.3) is 0 Å². The molecule has 0 spiro atoms. The molecule has 0 aromatic heterocycles. The van der Waals surface area contributed by atoms with Gasteiger partial charge in [0.1, 0.15) is 0 Å².